The van der Waals surface area contributed by atoms with E-state index in [2.05, 4.69) is 33.8 Å². The molecule has 2 rings (SSSR count). The number of amides is 1. The second-order valence-corrected chi connectivity index (χ2v) is 6.11. The van der Waals surface area contributed by atoms with Crippen LogP contribution in [0.2, 0.25) is 0 Å². The van der Waals surface area contributed by atoms with E-state index in [1.54, 1.807) is 6.92 Å². The number of nitrogens with zero attached hydrogens (tertiary/aromatic N) is 2. The standard InChI is InChI=1S/C18H24N2O/c1-12(2)16-11-17(13(3)4)20(14(5)21)18(19-16)15-9-7-6-8-10-15/h6-13,18H,1-5H3. The van der Waals surface area contributed by atoms with Gasteiger partial charge in [-0.1, -0.05) is 58.0 Å². The van der Waals surface area contributed by atoms with E-state index in [1.807, 2.05) is 35.2 Å². The minimum absolute atomic E-state index is 0.0374. The summed E-state index contributed by atoms with van der Waals surface area (Å²) >= 11 is 0. The molecule has 3 nitrogen and oxygen atoms in total. The molecule has 0 spiro atoms. The van der Waals surface area contributed by atoms with Gasteiger partial charge in [0.25, 0.3) is 0 Å². The molecule has 1 unspecified atom stereocenters. The second-order valence-electron chi connectivity index (χ2n) is 6.11. The van der Waals surface area contributed by atoms with Gasteiger partial charge >= 0.3 is 0 Å². The lowest BCUT2D eigenvalue weighted by atomic mass is 9.97. The summed E-state index contributed by atoms with van der Waals surface area (Å²) in [7, 11) is 0. The molecule has 0 saturated carbocycles. The Morgan fingerprint density at radius 1 is 1.10 bits per heavy atom. The molecule has 21 heavy (non-hydrogen) atoms. The topological polar surface area (TPSA) is 32.7 Å². The third-order valence-electron chi connectivity index (χ3n) is 3.71. The molecule has 0 aliphatic carbocycles. The highest BCUT2D eigenvalue weighted by Crippen LogP contribution is 2.34. The van der Waals surface area contributed by atoms with Crippen LogP contribution >= 0.6 is 0 Å². The molecule has 1 aliphatic rings. The summed E-state index contributed by atoms with van der Waals surface area (Å²) in [5, 5.41) is 0. The van der Waals surface area contributed by atoms with Crippen molar-refractivity contribution >= 4 is 11.6 Å². The Balaban J connectivity index is 2.54. The third kappa shape index (κ3) is 3.23. The summed E-state index contributed by atoms with van der Waals surface area (Å²) in [6.07, 6.45) is 1.83. The molecule has 112 valence electrons. The summed E-state index contributed by atoms with van der Waals surface area (Å²) in [4.78, 5) is 18.8. The second kappa shape index (κ2) is 6.25. The van der Waals surface area contributed by atoms with Crippen molar-refractivity contribution in [3.8, 4) is 0 Å². The fourth-order valence-electron chi connectivity index (χ4n) is 2.56. The van der Waals surface area contributed by atoms with Crippen LogP contribution in [0.25, 0.3) is 0 Å². The average molecular weight is 284 g/mol. The smallest absolute Gasteiger partial charge is 0.225 e. The first kappa shape index (κ1) is 15.5. The minimum Gasteiger partial charge on any atom is -0.289 e. The van der Waals surface area contributed by atoms with Gasteiger partial charge in [-0.25, -0.2) is 0 Å². The number of hydrogen-bond acceptors (Lipinski definition) is 2. The van der Waals surface area contributed by atoms with Crippen LogP contribution in [0.5, 0.6) is 0 Å². The van der Waals surface area contributed by atoms with Crippen LogP contribution in [0, 0.1) is 11.8 Å². The van der Waals surface area contributed by atoms with Crippen LogP contribution in [0.15, 0.2) is 47.1 Å². The van der Waals surface area contributed by atoms with Crippen LogP contribution in [0.1, 0.15) is 46.3 Å². The number of carbonyl (C=O) groups is 1. The Morgan fingerprint density at radius 3 is 2.19 bits per heavy atom. The Bertz CT molecular complexity index is 570. The first-order chi connectivity index (χ1) is 9.91. The van der Waals surface area contributed by atoms with Gasteiger partial charge < -0.3 is 0 Å². The molecule has 0 radical (unpaired) electrons. The van der Waals surface area contributed by atoms with Crippen LogP contribution in [0.4, 0.5) is 0 Å². The zero-order chi connectivity index (χ0) is 15.6. The van der Waals surface area contributed by atoms with E-state index in [0.29, 0.717) is 5.92 Å². The molecule has 0 bridgehead atoms. The molecule has 3 heteroatoms. The normalized spacial score (nSPS) is 18.8. The van der Waals surface area contributed by atoms with E-state index in [9.17, 15) is 4.79 Å². The van der Waals surface area contributed by atoms with Crippen LogP contribution in [-0.4, -0.2) is 16.5 Å². The molecule has 1 aromatic carbocycles. The fourth-order valence-corrected chi connectivity index (χ4v) is 2.56. The number of aliphatic imine (C=N–C) groups is 1. The largest absolute Gasteiger partial charge is 0.289 e. The number of rotatable bonds is 3. The summed E-state index contributed by atoms with van der Waals surface area (Å²) in [5.74, 6) is 0.666. The van der Waals surface area contributed by atoms with Gasteiger partial charge in [-0.15, -0.1) is 0 Å². The van der Waals surface area contributed by atoms with Crippen LogP contribution in [-0.2, 0) is 4.79 Å². The highest BCUT2D eigenvalue weighted by molar-refractivity contribution is 5.98. The Hall–Kier alpha value is -1.90. The predicted molar refractivity (Wildman–Crippen MR) is 86.9 cm³/mol. The lowest BCUT2D eigenvalue weighted by molar-refractivity contribution is -0.129. The zero-order valence-electron chi connectivity index (χ0n) is 13.5. The van der Waals surface area contributed by atoms with Gasteiger partial charge in [0, 0.05) is 18.3 Å². The first-order valence-corrected chi connectivity index (χ1v) is 7.55. The highest BCUT2D eigenvalue weighted by atomic mass is 16.2. The van der Waals surface area contributed by atoms with Crippen molar-refractivity contribution in [3.05, 3.63) is 47.7 Å². The molecular formula is C18H24N2O. The molecule has 1 aromatic rings. The van der Waals surface area contributed by atoms with Gasteiger partial charge in [-0.3, -0.25) is 14.7 Å². The molecule has 0 N–H and O–H groups in total. The van der Waals surface area contributed by atoms with E-state index in [4.69, 9.17) is 4.99 Å². The Labute approximate surface area is 127 Å². The molecule has 1 amide bonds. The van der Waals surface area contributed by atoms with Crippen molar-refractivity contribution in [2.45, 2.75) is 40.8 Å². The maximum atomic E-state index is 12.2. The maximum absolute atomic E-state index is 12.2. The quantitative estimate of drug-likeness (QED) is 0.819. The SMILES string of the molecule is CC(=O)N1C(C(C)C)=CC(C(C)C)=NC1c1ccccc1. The van der Waals surface area contributed by atoms with Gasteiger partial charge in [0.1, 0.15) is 0 Å². The van der Waals surface area contributed by atoms with Gasteiger partial charge in [0.2, 0.25) is 5.91 Å². The summed E-state index contributed by atoms with van der Waals surface area (Å²) in [5.41, 5.74) is 3.16. The van der Waals surface area contributed by atoms with E-state index >= 15 is 0 Å². The van der Waals surface area contributed by atoms with Gasteiger partial charge in [0.15, 0.2) is 6.17 Å². The summed E-state index contributed by atoms with van der Waals surface area (Å²) in [6, 6.07) is 10.0. The molecule has 0 saturated heterocycles. The number of hydrogen-bond donors (Lipinski definition) is 0. The average Bonchev–Trinajstić information content (AvgIpc) is 2.46. The monoisotopic (exact) mass is 284 g/mol. The third-order valence-corrected chi connectivity index (χ3v) is 3.71. The van der Waals surface area contributed by atoms with Crippen molar-refractivity contribution in [1.29, 1.82) is 0 Å². The highest BCUT2D eigenvalue weighted by Gasteiger charge is 2.31. The summed E-state index contributed by atoms with van der Waals surface area (Å²) in [6.45, 7) is 10.1. The zero-order valence-corrected chi connectivity index (χ0v) is 13.5. The van der Waals surface area contributed by atoms with E-state index in [1.165, 1.54) is 0 Å². The minimum atomic E-state index is -0.247. The molecule has 0 fully saturated rings. The van der Waals surface area contributed by atoms with Gasteiger partial charge in [-0.05, 0) is 23.5 Å². The first-order valence-electron chi connectivity index (χ1n) is 7.55. The van der Waals surface area contributed by atoms with E-state index < -0.39 is 0 Å². The van der Waals surface area contributed by atoms with Crippen molar-refractivity contribution in [1.82, 2.24) is 4.90 Å². The van der Waals surface area contributed by atoms with Crippen LogP contribution < -0.4 is 0 Å². The van der Waals surface area contributed by atoms with Crippen molar-refractivity contribution in [3.63, 3.8) is 0 Å². The van der Waals surface area contributed by atoms with Gasteiger partial charge in [0.05, 0.1) is 0 Å². The lowest BCUT2D eigenvalue weighted by Crippen LogP contribution is -2.37. The van der Waals surface area contributed by atoms with Crippen molar-refractivity contribution in [2.75, 3.05) is 0 Å². The van der Waals surface area contributed by atoms with Crippen LogP contribution in [0.3, 0.4) is 0 Å². The van der Waals surface area contributed by atoms with Gasteiger partial charge in [-0.2, -0.15) is 0 Å². The number of carbonyl (C=O) groups excluding carboxylic acids is 1. The maximum Gasteiger partial charge on any atom is 0.225 e. The number of allylic oxidation sites excluding steroid dienone is 2. The van der Waals surface area contributed by atoms with E-state index in [-0.39, 0.29) is 18.0 Å². The molecule has 0 aromatic heterocycles. The molecular weight excluding hydrogens is 260 g/mol. The van der Waals surface area contributed by atoms with E-state index in [0.717, 1.165) is 17.0 Å². The Kier molecular flexibility index (Phi) is 4.61. The van der Waals surface area contributed by atoms with Crippen molar-refractivity contribution in [2.24, 2.45) is 16.8 Å². The fraction of sp³-hybridized carbons (Fsp3) is 0.444. The summed E-state index contributed by atoms with van der Waals surface area (Å²) < 4.78 is 0. The lowest BCUT2D eigenvalue weighted by Gasteiger charge is -2.36. The molecule has 1 heterocycles. The number of benzene rings is 1. The predicted octanol–water partition coefficient (Wildman–Crippen LogP) is 4.18. The Morgan fingerprint density at radius 2 is 1.71 bits per heavy atom. The van der Waals surface area contributed by atoms with Crippen molar-refractivity contribution < 1.29 is 4.79 Å². The molecule has 1 aliphatic heterocycles. The molecule has 1 atom stereocenters.